The van der Waals surface area contributed by atoms with Crippen LogP contribution in [0, 0.1) is 0 Å². The maximum Gasteiger partial charge on any atom is 0.337 e. The number of hydrogen-bond acceptors (Lipinski definition) is 3. The minimum absolute atomic E-state index is 0.412. The van der Waals surface area contributed by atoms with E-state index in [9.17, 15) is 9.00 Å². The molecule has 1 aromatic carbocycles. The zero-order valence-electron chi connectivity index (χ0n) is 8.98. The Morgan fingerprint density at radius 3 is 2.59 bits per heavy atom. The van der Waals surface area contributed by atoms with Crippen molar-refractivity contribution in [2.75, 3.05) is 6.26 Å². The van der Waals surface area contributed by atoms with Crippen molar-refractivity contribution in [3.8, 4) is 11.3 Å². The molecule has 0 saturated heterocycles. The largest absolute Gasteiger partial charge is 0.423 e. The summed E-state index contributed by atoms with van der Waals surface area (Å²) in [5, 5.41) is 0. The monoisotopic (exact) mass is 312 g/mol. The first-order valence-electron chi connectivity index (χ1n) is 4.81. The van der Waals surface area contributed by atoms with E-state index in [2.05, 4.69) is 15.9 Å². The van der Waals surface area contributed by atoms with Crippen molar-refractivity contribution >= 4 is 26.7 Å². The number of benzene rings is 1. The second-order valence-electron chi connectivity index (χ2n) is 3.41. The minimum atomic E-state index is -1.21. The van der Waals surface area contributed by atoms with Gasteiger partial charge in [-0.2, -0.15) is 0 Å². The highest BCUT2D eigenvalue weighted by molar-refractivity contribution is 9.10. The second kappa shape index (κ2) is 4.98. The highest BCUT2D eigenvalue weighted by Gasteiger charge is 2.09. The molecule has 1 heterocycles. The topological polar surface area (TPSA) is 47.3 Å². The first-order valence-corrected chi connectivity index (χ1v) is 7.16. The molecule has 0 spiro atoms. The molecule has 1 aromatic heterocycles. The average Bonchev–Trinajstić information content (AvgIpc) is 2.28. The third kappa shape index (κ3) is 2.73. The van der Waals surface area contributed by atoms with Gasteiger partial charge in [-0.1, -0.05) is 34.1 Å². The van der Waals surface area contributed by atoms with Gasteiger partial charge >= 0.3 is 5.63 Å². The van der Waals surface area contributed by atoms with E-state index in [1.807, 2.05) is 24.3 Å². The highest BCUT2D eigenvalue weighted by Crippen LogP contribution is 2.27. The van der Waals surface area contributed by atoms with E-state index in [0.717, 1.165) is 10.0 Å². The average molecular weight is 313 g/mol. The van der Waals surface area contributed by atoms with Crippen LogP contribution < -0.4 is 5.63 Å². The lowest BCUT2D eigenvalue weighted by Crippen LogP contribution is -2.01. The maximum absolute atomic E-state index is 11.4. The molecule has 0 amide bonds. The van der Waals surface area contributed by atoms with Gasteiger partial charge in [0.05, 0.1) is 10.8 Å². The molecule has 0 aliphatic rings. The van der Waals surface area contributed by atoms with Gasteiger partial charge < -0.3 is 4.42 Å². The van der Waals surface area contributed by atoms with Gasteiger partial charge in [-0.25, -0.2) is 4.79 Å². The first-order chi connectivity index (χ1) is 8.08. The van der Waals surface area contributed by atoms with Crippen molar-refractivity contribution in [2.45, 2.75) is 4.90 Å². The zero-order chi connectivity index (χ0) is 12.4. The SMILES string of the molecule is CS(=O)c1cc(-c2ccccc2Br)oc(=O)c1. The van der Waals surface area contributed by atoms with Crippen molar-refractivity contribution in [3.63, 3.8) is 0 Å². The molecule has 0 fully saturated rings. The van der Waals surface area contributed by atoms with Crippen LogP contribution in [-0.4, -0.2) is 10.5 Å². The van der Waals surface area contributed by atoms with Gasteiger partial charge in [0.25, 0.3) is 0 Å². The fourth-order valence-corrected chi connectivity index (χ4v) is 2.43. The zero-order valence-corrected chi connectivity index (χ0v) is 11.4. The Morgan fingerprint density at radius 2 is 1.94 bits per heavy atom. The summed E-state index contributed by atoms with van der Waals surface area (Å²) < 4.78 is 17.3. The van der Waals surface area contributed by atoms with Crippen molar-refractivity contribution in [3.05, 3.63) is 51.3 Å². The summed E-state index contributed by atoms with van der Waals surface area (Å²) in [6, 6.07) is 10.3. The van der Waals surface area contributed by atoms with Crippen molar-refractivity contribution in [1.82, 2.24) is 0 Å². The van der Waals surface area contributed by atoms with E-state index in [4.69, 9.17) is 4.42 Å². The summed E-state index contributed by atoms with van der Waals surface area (Å²) in [6.45, 7) is 0. The van der Waals surface area contributed by atoms with Crippen molar-refractivity contribution < 1.29 is 8.63 Å². The smallest absolute Gasteiger partial charge is 0.337 e. The van der Waals surface area contributed by atoms with E-state index < -0.39 is 16.4 Å². The lowest BCUT2D eigenvalue weighted by atomic mass is 10.2. The summed E-state index contributed by atoms with van der Waals surface area (Å²) >= 11 is 3.38. The summed E-state index contributed by atoms with van der Waals surface area (Å²) in [6.07, 6.45) is 1.53. The van der Waals surface area contributed by atoms with Gasteiger partial charge in [-0.3, -0.25) is 4.21 Å². The molecule has 0 radical (unpaired) electrons. The van der Waals surface area contributed by atoms with Crippen LogP contribution in [0.5, 0.6) is 0 Å². The molecule has 2 rings (SSSR count). The van der Waals surface area contributed by atoms with Gasteiger partial charge in [0, 0.05) is 27.3 Å². The molecule has 0 N–H and O–H groups in total. The third-order valence-electron chi connectivity index (χ3n) is 2.22. The molecule has 1 unspecified atom stereocenters. The van der Waals surface area contributed by atoms with Crippen LogP contribution in [0.25, 0.3) is 11.3 Å². The first kappa shape index (κ1) is 12.3. The molecule has 0 bridgehead atoms. The molecule has 0 aliphatic carbocycles. The molecule has 0 aliphatic heterocycles. The van der Waals surface area contributed by atoms with E-state index in [1.165, 1.54) is 12.3 Å². The molecular weight excluding hydrogens is 304 g/mol. The Balaban J connectivity index is 2.64. The summed E-state index contributed by atoms with van der Waals surface area (Å²) in [4.78, 5) is 11.8. The van der Waals surface area contributed by atoms with E-state index in [1.54, 1.807) is 6.07 Å². The second-order valence-corrected chi connectivity index (χ2v) is 5.64. The molecule has 5 heteroatoms. The molecule has 0 saturated carbocycles. The van der Waals surface area contributed by atoms with Crippen LogP contribution in [0.1, 0.15) is 0 Å². The van der Waals surface area contributed by atoms with Crippen molar-refractivity contribution in [1.29, 1.82) is 0 Å². The molecular formula is C12H9BrO3S. The lowest BCUT2D eigenvalue weighted by molar-refractivity contribution is 0.520. The van der Waals surface area contributed by atoms with Gasteiger partial charge in [0.1, 0.15) is 5.76 Å². The van der Waals surface area contributed by atoms with Crippen LogP contribution in [0.4, 0.5) is 0 Å². The van der Waals surface area contributed by atoms with E-state index in [-0.39, 0.29) is 0 Å². The summed E-state index contributed by atoms with van der Waals surface area (Å²) in [7, 11) is -1.21. The van der Waals surface area contributed by atoms with Crippen LogP contribution >= 0.6 is 15.9 Å². The van der Waals surface area contributed by atoms with Gasteiger partial charge in [-0.15, -0.1) is 0 Å². The summed E-state index contributed by atoms with van der Waals surface area (Å²) in [5.41, 5.74) is 0.264. The van der Waals surface area contributed by atoms with Crippen LogP contribution in [-0.2, 0) is 10.8 Å². The fourth-order valence-electron chi connectivity index (χ4n) is 1.41. The van der Waals surface area contributed by atoms with Gasteiger partial charge in [0.15, 0.2) is 0 Å². The van der Waals surface area contributed by atoms with Crippen LogP contribution in [0.3, 0.4) is 0 Å². The Kier molecular flexibility index (Phi) is 3.59. The number of halogens is 1. The molecule has 17 heavy (non-hydrogen) atoms. The number of rotatable bonds is 2. The van der Waals surface area contributed by atoms with Crippen LogP contribution in [0.15, 0.2) is 55.0 Å². The van der Waals surface area contributed by atoms with Gasteiger partial charge in [0.2, 0.25) is 0 Å². The number of hydrogen-bond donors (Lipinski definition) is 0. The highest BCUT2D eigenvalue weighted by atomic mass is 79.9. The third-order valence-corrected chi connectivity index (χ3v) is 3.81. The maximum atomic E-state index is 11.4. The van der Waals surface area contributed by atoms with E-state index in [0.29, 0.717) is 10.7 Å². The standard InChI is InChI=1S/C12H9BrO3S/c1-17(15)8-6-11(16-12(14)7-8)9-4-2-3-5-10(9)13/h2-7H,1H3. The predicted octanol–water partition coefficient (Wildman–Crippen LogP) is 2.81. The minimum Gasteiger partial charge on any atom is -0.423 e. The summed E-state index contributed by atoms with van der Waals surface area (Å²) in [5.74, 6) is 0.412. The quantitative estimate of drug-likeness (QED) is 0.856. The van der Waals surface area contributed by atoms with Gasteiger partial charge in [-0.05, 0) is 12.1 Å². The van der Waals surface area contributed by atoms with Crippen LogP contribution in [0.2, 0.25) is 0 Å². The Hall–Kier alpha value is -1.20. The fraction of sp³-hybridized carbons (Fsp3) is 0.0833. The molecule has 88 valence electrons. The molecule has 1 atom stereocenters. The lowest BCUT2D eigenvalue weighted by Gasteiger charge is -2.04. The Bertz CT molecular complexity index is 634. The molecule has 3 nitrogen and oxygen atoms in total. The van der Waals surface area contributed by atoms with Crippen molar-refractivity contribution in [2.24, 2.45) is 0 Å². The predicted molar refractivity (Wildman–Crippen MR) is 70.4 cm³/mol. The Labute approximate surface area is 109 Å². The normalized spacial score (nSPS) is 12.4. The Morgan fingerprint density at radius 1 is 1.24 bits per heavy atom. The van der Waals surface area contributed by atoms with E-state index >= 15 is 0 Å². The molecule has 2 aromatic rings.